The summed E-state index contributed by atoms with van der Waals surface area (Å²) in [6.45, 7) is 2.79. The van der Waals surface area contributed by atoms with E-state index in [1.54, 1.807) is 12.4 Å². The van der Waals surface area contributed by atoms with Crippen LogP contribution in [0.1, 0.15) is 36.0 Å². The molecular formula is C20H24ClN3O. The molecule has 1 saturated heterocycles. The molecular weight excluding hydrogens is 334 g/mol. The SMILES string of the molecule is CN1CCC2c3cc(Cl)ccc3N(CC(O)c3ccncc3)C2CC1. The first-order valence-corrected chi connectivity index (χ1v) is 9.34. The van der Waals surface area contributed by atoms with Crippen LogP contribution in [0.5, 0.6) is 0 Å². The van der Waals surface area contributed by atoms with Crippen molar-refractivity contribution in [3.8, 4) is 0 Å². The number of β-amino-alcohol motifs (C(OH)–C–C–N with tert-alkyl or cyclic N) is 1. The predicted octanol–water partition coefficient (Wildman–Crippen LogP) is 3.47. The number of halogens is 1. The Kier molecular flexibility index (Phi) is 4.67. The van der Waals surface area contributed by atoms with Crippen molar-refractivity contribution in [2.75, 3.05) is 31.6 Å². The van der Waals surface area contributed by atoms with Crippen LogP contribution in [0.3, 0.4) is 0 Å². The fraction of sp³-hybridized carbons (Fsp3) is 0.450. The molecule has 2 aromatic rings. The zero-order chi connectivity index (χ0) is 17.4. The van der Waals surface area contributed by atoms with Gasteiger partial charge in [0.15, 0.2) is 0 Å². The number of hydrogen-bond donors (Lipinski definition) is 1. The molecule has 2 aliphatic rings. The molecule has 1 aromatic carbocycles. The van der Waals surface area contributed by atoms with Crippen molar-refractivity contribution in [3.63, 3.8) is 0 Å². The van der Waals surface area contributed by atoms with Crippen LogP contribution >= 0.6 is 11.6 Å². The minimum Gasteiger partial charge on any atom is -0.387 e. The molecule has 4 rings (SSSR count). The molecule has 0 spiro atoms. The number of benzene rings is 1. The Bertz CT molecular complexity index is 739. The average molecular weight is 358 g/mol. The average Bonchev–Trinajstić information content (AvgIpc) is 2.76. The molecule has 5 heteroatoms. The van der Waals surface area contributed by atoms with Crippen LogP contribution in [0.2, 0.25) is 5.02 Å². The van der Waals surface area contributed by atoms with Gasteiger partial charge in [-0.1, -0.05) is 11.6 Å². The lowest BCUT2D eigenvalue weighted by molar-refractivity contribution is 0.179. The van der Waals surface area contributed by atoms with E-state index >= 15 is 0 Å². The van der Waals surface area contributed by atoms with Crippen molar-refractivity contribution in [1.29, 1.82) is 0 Å². The molecule has 0 saturated carbocycles. The summed E-state index contributed by atoms with van der Waals surface area (Å²) >= 11 is 6.29. The quantitative estimate of drug-likeness (QED) is 0.913. The second kappa shape index (κ2) is 6.94. The second-order valence-electron chi connectivity index (χ2n) is 7.21. The normalized spacial score (nSPS) is 24.5. The molecule has 0 amide bonds. The standard InChI is InChI=1S/C20H24ClN3O/c1-23-10-6-16-17-12-15(21)2-3-18(17)24(19(16)7-11-23)13-20(25)14-4-8-22-9-5-14/h2-5,8-9,12,16,19-20,25H,6-7,10-11,13H2,1H3. The van der Waals surface area contributed by atoms with Gasteiger partial charge in [0.1, 0.15) is 0 Å². The van der Waals surface area contributed by atoms with Gasteiger partial charge in [0.2, 0.25) is 0 Å². The van der Waals surface area contributed by atoms with Gasteiger partial charge in [-0.3, -0.25) is 4.98 Å². The molecule has 1 fully saturated rings. The van der Waals surface area contributed by atoms with Gasteiger partial charge in [-0.2, -0.15) is 0 Å². The smallest absolute Gasteiger partial charge is 0.0966 e. The molecule has 0 aliphatic carbocycles. The lowest BCUT2D eigenvalue weighted by Gasteiger charge is -2.31. The zero-order valence-corrected chi connectivity index (χ0v) is 15.2. The second-order valence-corrected chi connectivity index (χ2v) is 7.64. The van der Waals surface area contributed by atoms with Gasteiger partial charge in [-0.15, -0.1) is 0 Å². The number of rotatable bonds is 3. The number of hydrogen-bond acceptors (Lipinski definition) is 4. The lowest BCUT2D eigenvalue weighted by atomic mass is 9.91. The number of likely N-dealkylation sites (tertiary alicyclic amines) is 1. The topological polar surface area (TPSA) is 39.6 Å². The van der Waals surface area contributed by atoms with Crippen LogP contribution in [0.4, 0.5) is 5.69 Å². The molecule has 132 valence electrons. The molecule has 3 heterocycles. The third-order valence-electron chi connectivity index (χ3n) is 5.65. The van der Waals surface area contributed by atoms with Gasteiger partial charge in [0.25, 0.3) is 0 Å². The first kappa shape index (κ1) is 16.8. The molecule has 4 nitrogen and oxygen atoms in total. The van der Waals surface area contributed by atoms with E-state index in [0.717, 1.165) is 36.5 Å². The highest BCUT2D eigenvalue weighted by Crippen LogP contribution is 2.46. The van der Waals surface area contributed by atoms with Crippen molar-refractivity contribution in [1.82, 2.24) is 9.88 Å². The Balaban J connectivity index is 1.66. The summed E-state index contributed by atoms with van der Waals surface area (Å²) in [5.41, 5.74) is 3.49. The largest absolute Gasteiger partial charge is 0.387 e. The van der Waals surface area contributed by atoms with E-state index in [-0.39, 0.29) is 0 Å². The number of aliphatic hydroxyl groups excluding tert-OH is 1. The van der Waals surface area contributed by atoms with Crippen LogP contribution in [0.25, 0.3) is 0 Å². The van der Waals surface area contributed by atoms with E-state index in [1.165, 1.54) is 11.3 Å². The Morgan fingerprint density at radius 2 is 1.96 bits per heavy atom. The monoisotopic (exact) mass is 357 g/mol. The molecule has 3 atom stereocenters. The summed E-state index contributed by atoms with van der Waals surface area (Å²) in [4.78, 5) is 8.85. The van der Waals surface area contributed by atoms with Crippen molar-refractivity contribution >= 4 is 17.3 Å². The van der Waals surface area contributed by atoms with E-state index in [9.17, 15) is 5.11 Å². The third-order valence-corrected chi connectivity index (χ3v) is 5.89. The highest BCUT2D eigenvalue weighted by Gasteiger charge is 2.40. The fourth-order valence-corrected chi connectivity index (χ4v) is 4.51. The number of pyridine rings is 1. The minimum atomic E-state index is -0.522. The molecule has 25 heavy (non-hydrogen) atoms. The Morgan fingerprint density at radius 1 is 1.20 bits per heavy atom. The maximum absolute atomic E-state index is 10.8. The van der Waals surface area contributed by atoms with Crippen LogP contribution in [0, 0.1) is 0 Å². The van der Waals surface area contributed by atoms with Gasteiger partial charge >= 0.3 is 0 Å². The minimum absolute atomic E-state index is 0.426. The van der Waals surface area contributed by atoms with Gasteiger partial charge in [-0.05, 0) is 74.4 Å². The fourth-order valence-electron chi connectivity index (χ4n) is 4.33. The van der Waals surface area contributed by atoms with Gasteiger partial charge in [0, 0.05) is 41.6 Å². The summed E-state index contributed by atoms with van der Waals surface area (Å²) in [6, 6.07) is 10.4. The predicted molar refractivity (Wildman–Crippen MR) is 101 cm³/mol. The van der Waals surface area contributed by atoms with Crippen LogP contribution < -0.4 is 4.90 Å². The van der Waals surface area contributed by atoms with E-state index in [1.807, 2.05) is 18.2 Å². The first-order valence-electron chi connectivity index (χ1n) is 8.96. The van der Waals surface area contributed by atoms with Crippen molar-refractivity contribution < 1.29 is 5.11 Å². The van der Waals surface area contributed by atoms with Crippen molar-refractivity contribution in [2.45, 2.75) is 30.9 Å². The Hall–Kier alpha value is -1.62. The van der Waals surface area contributed by atoms with E-state index in [4.69, 9.17) is 11.6 Å². The summed E-state index contributed by atoms with van der Waals surface area (Å²) < 4.78 is 0. The van der Waals surface area contributed by atoms with Gasteiger partial charge in [0.05, 0.1) is 6.10 Å². The number of aromatic nitrogens is 1. The van der Waals surface area contributed by atoms with Crippen molar-refractivity contribution in [2.24, 2.45) is 0 Å². The summed E-state index contributed by atoms with van der Waals surface area (Å²) in [6.07, 6.45) is 5.19. The van der Waals surface area contributed by atoms with E-state index < -0.39 is 6.10 Å². The summed E-state index contributed by atoms with van der Waals surface area (Å²) in [5.74, 6) is 0.489. The highest BCUT2D eigenvalue weighted by atomic mass is 35.5. The molecule has 1 aromatic heterocycles. The molecule has 1 N–H and O–H groups in total. The Morgan fingerprint density at radius 3 is 2.76 bits per heavy atom. The number of fused-ring (bicyclic) bond motifs is 3. The van der Waals surface area contributed by atoms with E-state index in [0.29, 0.717) is 18.5 Å². The summed E-state index contributed by atoms with van der Waals surface area (Å²) in [5, 5.41) is 11.6. The van der Waals surface area contributed by atoms with Crippen molar-refractivity contribution in [3.05, 3.63) is 58.9 Å². The molecule has 0 bridgehead atoms. The number of anilines is 1. The summed E-state index contributed by atoms with van der Waals surface area (Å²) in [7, 11) is 2.19. The van der Waals surface area contributed by atoms with Crippen LogP contribution in [-0.2, 0) is 0 Å². The number of aliphatic hydroxyl groups is 1. The lowest BCUT2D eigenvalue weighted by Crippen LogP contribution is -2.37. The third kappa shape index (κ3) is 3.26. The van der Waals surface area contributed by atoms with E-state index in [2.05, 4.69) is 34.0 Å². The zero-order valence-electron chi connectivity index (χ0n) is 14.5. The highest BCUT2D eigenvalue weighted by molar-refractivity contribution is 6.30. The van der Waals surface area contributed by atoms with Gasteiger partial charge < -0.3 is 14.9 Å². The first-order chi connectivity index (χ1) is 12.1. The van der Waals surface area contributed by atoms with Crippen LogP contribution in [0.15, 0.2) is 42.7 Å². The number of nitrogens with zero attached hydrogens (tertiary/aromatic N) is 3. The van der Waals surface area contributed by atoms with Gasteiger partial charge in [-0.25, -0.2) is 0 Å². The molecule has 0 radical (unpaired) electrons. The van der Waals surface area contributed by atoms with Crippen LogP contribution in [-0.4, -0.2) is 47.7 Å². The maximum Gasteiger partial charge on any atom is 0.0966 e. The molecule has 3 unspecified atom stereocenters. The molecule has 2 aliphatic heterocycles. The maximum atomic E-state index is 10.8. The Labute approximate surface area is 154 Å².